The summed E-state index contributed by atoms with van der Waals surface area (Å²) in [4.78, 5) is 12.1. The fourth-order valence-electron chi connectivity index (χ4n) is 2.58. The van der Waals surface area contributed by atoms with Gasteiger partial charge in [0.15, 0.2) is 23.3 Å². The lowest BCUT2D eigenvalue weighted by atomic mass is 10.1. The third kappa shape index (κ3) is 3.53. The summed E-state index contributed by atoms with van der Waals surface area (Å²) in [7, 11) is 0. The highest BCUT2D eigenvalue weighted by Gasteiger charge is 2.61. The first-order valence-corrected chi connectivity index (χ1v) is 8.53. The van der Waals surface area contributed by atoms with E-state index in [4.69, 9.17) is 27.9 Å². The van der Waals surface area contributed by atoms with Gasteiger partial charge in [0.2, 0.25) is 0 Å². The van der Waals surface area contributed by atoms with Crippen LogP contribution in [-0.2, 0) is 16.1 Å². The molecule has 0 spiro atoms. The van der Waals surface area contributed by atoms with Crippen molar-refractivity contribution in [2.75, 3.05) is 0 Å². The van der Waals surface area contributed by atoms with Crippen LogP contribution in [0.15, 0.2) is 10.6 Å². The van der Waals surface area contributed by atoms with Crippen molar-refractivity contribution in [2.45, 2.75) is 20.5 Å². The summed E-state index contributed by atoms with van der Waals surface area (Å²) in [5, 5.41) is 0. The molecule has 1 aliphatic rings. The number of carbonyl (C=O) groups is 1. The summed E-state index contributed by atoms with van der Waals surface area (Å²) in [5.74, 6) is -7.88. The highest BCUT2D eigenvalue weighted by Crippen LogP contribution is 2.60. The van der Waals surface area contributed by atoms with Crippen LogP contribution in [0.1, 0.15) is 19.4 Å². The Kier molecular flexibility index (Phi) is 5.76. The standard InChI is InChI=1S/C15H11Cl2F4IO2/c1-15(2)6(3-7(16)17)8(15)14(23)24-4-5-9(18)11(20)13(22)12(21)10(5)19/h3,6,8H,4H2,1-2H3/t6-,8+/m1/s1. The molecule has 0 radical (unpaired) electrons. The third-order valence-electron chi connectivity index (χ3n) is 4.13. The minimum atomic E-state index is -1.58. The molecule has 9 heteroatoms. The topological polar surface area (TPSA) is 26.3 Å². The first kappa shape index (κ1) is 19.8. The van der Waals surface area contributed by atoms with Gasteiger partial charge in [0.1, 0.15) is 11.1 Å². The van der Waals surface area contributed by atoms with Gasteiger partial charge in [0, 0.05) is 0 Å². The van der Waals surface area contributed by atoms with Gasteiger partial charge in [-0.25, -0.2) is 17.6 Å². The highest BCUT2D eigenvalue weighted by atomic mass is 127. The maximum Gasteiger partial charge on any atom is 0.310 e. The van der Waals surface area contributed by atoms with E-state index in [1.807, 2.05) is 0 Å². The van der Waals surface area contributed by atoms with E-state index < -0.39 is 56.3 Å². The molecule has 0 saturated heterocycles. The molecule has 2 atom stereocenters. The molecule has 0 heterocycles. The lowest BCUT2D eigenvalue weighted by Crippen LogP contribution is -2.14. The highest BCUT2D eigenvalue weighted by molar-refractivity contribution is 14.1. The van der Waals surface area contributed by atoms with Crippen LogP contribution in [-0.4, -0.2) is 5.97 Å². The zero-order chi connectivity index (χ0) is 18.4. The van der Waals surface area contributed by atoms with Gasteiger partial charge in [-0.05, 0) is 40.0 Å². The number of ether oxygens (including phenoxy) is 1. The predicted octanol–water partition coefficient (Wildman–Crippen LogP) is 5.48. The van der Waals surface area contributed by atoms with Crippen molar-refractivity contribution in [1.29, 1.82) is 0 Å². The SMILES string of the molecule is CC1(C)[C@H](C=C(Cl)Cl)[C@H]1C(=O)OCc1c(F)c(F)c(I)c(F)c1F. The molecule has 1 fully saturated rings. The second kappa shape index (κ2) is 6.99. The van der Waals surface area contributed by atoms with Crippen molar-refractivity contribution in [3.05, 3.63) is 43.0 Å². The number of halogens is 7. The Bertz CT molecular complexity index is 704. The van der Waals surface area contributed by atoms with Crippen LogP contribution in [0.5, 0.6) is 0 Å². The van der Waals surface area contributed by atoms with Gasteiger partial charge in [-0.2, -0.15) is 0 Å². The largest absolute Gasteiger partial charge is 0.460 e. The lowest BCUT2D eigenvalue weighted by molar-refractivity contribution is -0.147. The van der Waals surface area contributed by atoms with Crippen molar-refractivity contribution >= 4 is 51.8 Å². The molecule has 1 saturated carbocycles. The number of benzene rings is 1. The number of hydrogen-bond donors (Lipinski definition) is 0. The first-order chi connectivity index (χ1) is 11.0. The molecule has 24 heavy (non-hydrogen) atoms. The van der Waals surface area contributed by atoms with Gasteiger partial charge in [0.05, 0.1) is 15.1 Å². The summed E-state index contributed by atoms with van der Waals surface area (Å²) in [6.07, 6.45) is 1.47. The molecule has 0 aliphatic heterocycles. The summed E-state index contributed by atoms with van der Waals surface area (Å²) >= 11 is 12.3. The van der Waals surface area contributed by atoms with Gasteiger partial charge in [-0.15, -0.1) is 0 Å². The van der Waals surface area contributed by atoms with Gasteiger partial charge in [-0.1, -0.05) is 37.0 Å². The second-order valence-electron chi connectivity index (χ2n) is 5.94. The number of carbonyl (C=O) groups excluding carboxylic acids is 1. The Morgan fingerprint density at radius 1 is 1.17 bits per heavy atom. The van der Waals surface area contributed by atoms with E-state index in [2.05, 4.69) is 0 Å². The Morgan fingerprint density at radius 2 is 1.67 bits per heavy atom. The van der Waals surface area contributed by atoms with Gasteiger partial charge >= 0.3 is 5.97 Å². The van der Waals surface area contributed by atoms with Crippen LogP contribution in [0.2, 0.25) is 0 Å². The van der Waals surface area contributed by atoms with Gasteiger partial charge in [-0.3, -0.25) is 4.79 Å². The molecule has 2 rings (SSSR count). The van der Waals surface area contributed by atoms with Crippen molar-refractivity contribution in [2.24, 2.45) is 17.3 Å². The van der Waals surface area contributed by atoms with Crippen molar-refractivity contribution in [3.63, 3.8) is 0 Å². The average molecular weight is 497 g/mol. The van der Waals surface area contributed by atoms with Crippen LogP contribution < -0.4 is 0 Å². The van der Waals surface area contributed by atoms with E-state index in [0.29, 0.717) is 0 Å². The Balaban J connectivity index is 2.16. The normalized spacial score (nSPS) is 21.4. The van der Waals surface area contributed by atoms with Crippen LogP contribution in [0.3, 0.4) is 0 Å². The summed E-state index contributed by atoms with van der Waals surface area (Å²) in [6, 6.07) is 0. The monoisotopic (exact) mass is 496 g/mol. The summed E-state index contributed by atoms with van der Waals surface area (Å²) in [5.41, 5.74) is -1.47. The molecule has 1 aromatic rings. The quantitative estimate of drug-likeness (QED) is 0.181. The molecule has 2 nitrogen and oxygen atoms in total. The maximum absolute atomic E-state index is 13.7. The van der Waals surface area contributed by atoms with Crippen LogP contribution in [0, 0.1) is 44.1 Å². The Morgan fingerprint density at radius 3 is 2.12 bits per heavy atom. The fourth-order valence-corrected chi connectivity index (χ4v) is 3.33. The molecule has 1 aliphatic carbocycles. The third-order valence-corrected chi connectivity index (χ3v) is 5.33. The minimum Gasteiger partial charge on any atom is -0.460 e. The molecule has 132 valence electrons. The zero-order valence-corrected chi connectivity index (χ0v) is 16.1. The van der Waals surface area contributed by atoms with E-state index in [1.165, 1.54) is 6.08 Å². The van der Waals surface area contributed by atoms with Crippen molar-refractivity contribution in [1.82, 2.24) is 0 Å². The van der Waals surface area contributed by atoms with Gasteiger partial charge < -0.3 is 4.74 Å². The van der Waals surface area contributed by atoms with Crippen molar-refractivity contribution in [3.8, 4) is 0 Å². The fraction of sp³-hybridized carbons (Fsp3) is 0.400. The number of esters is 1. The second-order valence-corrected chi connectivity index (χ2v) is 8.02. The van der Waals surface area contributed by atoms with E-state index in [0.717, 1.165) is 22.6 Å². The Hall–Kier alpha value is -0.540. The van der Waals surface area contributed by atoms with Crippen molar-refractivity contribution < 1.29 is 27.1 Å². The van der Waals surface area contributed by atoms with Crippen LogP contribution in [0.4, 0.5) is 17.6 Å². The number of allylic oxidation sites excluding steroid dienone is 1. The number of hydrogen-bond acceptors (Lipinski definition) is 2. The first-order valence-electron chi connectivity index (χ1n) is 6.69. The smallest absolute Gasteiger partial charge is 0.310 e. The van der Waals surface area contributed by atoms with Crippen LogP contribution >= 0.6 is 45.8 Å². The predicted molar refractivity (Wildman–Crippen MR) is 89.3 cm³/mol. The summed E-state index contributed by atoms with van der Waals surface area (Å²) < 4.78 is 58.5. The zero-order valence-electron chi connectivity index (χ0n) is 12.4. The Labute approximate surface area is 159 Å². The minimum absolute atomic E-state index is 0.0118. The molecule has 0 amide bonds. The van der Waals surface area contributed by atoms with E-state index in [9.17, 15) is 22.4 Å². The number of rotatable bonds is 4. The van der Waals surface area contributed by atoms with E-state index >= 15 is 0 Å². The molecule has 0 unspecified atom stereocenters. The average Bonchev–Trinajstić information content (AvgIpc) is 3.02. The van der Waals surface area contributed by atoms with E-state index in [-0.39, 0.29) is 10.4 Å². The molecular weight excluding hydrogens is 486 g/mol. The lowest BCUT2D eigenvalue weighted by Gasteiger charge is -2.10. The molecule has 0 bridgehead atoms. The molecule has 0 N–H and O–H groups in total. The summed E-state index contributed by atoms with van der Waals surface area (Å²) in [6.45, 7) is 2.61. The molecule has 0 aromatic heterocycles. The molecule has 1 aromatic carbocycles. The maximum atomic E-state index is 13.7. The molecular formula is C15H11Cl2F4IO2. The van der Waals surface area contributed by atoms with E-state index in [1.54, 1.807) is 13.8 Å². The van der Waals surface area contributed by atoms with Gasteiger partial charge in [0.25, 0.3) is 0 Å². The van der Waals surface area contributed by atoms with Crippen LogP contribution in [0.25, 0.3) is 0 Å².